The Balaban J connectivity index is 4.52. The van der Waals surface area contributed by atoms with Crippen LogP contribution in [-0.4, -0.2) is 43.1 Å². The summed E-state index contributed by atoms with van der Waals surface area (Å²) in [7, 11) is 0. The Hall–Kier alpha value is -1.92. The predicted octanol–water partition coefficient (Wildman–Crippen LogP) is 1.02. The Morgan fingerprint density at radius 1 is 0.800 bits per heavy atom. The first-order valence-corrected chi connectivity index (χ1v) is 8.63. The topological polar surface area (TPSA) is 104 Å². The number of nitrogens with one attached hydrogen (secondary N) is 3. The van der Waals surface area contributed by atoms with Crippen molar-refractivity contribution in [2.24, 2.45) is 16.7 Å². The molecule has 0 atom stereocenters. The lowest BCUT2D eigenvalue weighted by molar-refractivity contribution is -0.137. The first-order valence-electron chi connectivity index (χ1n) is 8.63. The molecule has 7 nitrogen and oxygen atoms in total. The van der Waals surface area contributed by atoms with Crippen molar-refractivity contribution < 1.29 is 19.2 Å². The van der Waals surface area contributed by atoms with E-state index >= 15 is 0 Å². The highest BCUT2D eigenvalue weighted by atomic mass is 16.2. The molecule has 0 aliphatic heterocycles. The Morgan fingerprint density at radius 3 is 1.68 bits per heavy atom. The van der Waals surface area contributed by atoms with Crippen LogP contribution < -0.4 is 16.0 Å². The number of amides is 3. The summed E-state index contributed by atoms with van der Waals surface area (Å²) in [6.07, 6.45) is 0.327. The number of hydrogen-bond donors (Lipinski definition) is 3. The van der Waals surface area contributed by atoms with Crippen LogP contribution in [0.15, 0.2) is 0 Å². The fourth-order valence-electron chi connectivity index (χ4n) is 2.51. The average molecular weight is 355 g/mol. The van der Waals surface area contributed by atoms with Crippen LogP contribution in [0, 0.1) is 16.7 Å². The molecule has 0 aromatic rings. The summed E-state index contributed by atoms with van der Waals surface area (Å²) in [6, 6.07) is 0. The number of carbonyl (C=O) groups is 4. The van der Waals surface area contributed by atoms with Crippen molar-refractivity contribution >= 4 is 23.5 Å². The maximum atomic E-state index is 12.4. The lowest BCUT2D eigenvalue weighted by Crippen LogP contribution is -2.46. The fraction of sp³-hybridized carbons (Fsp3) is 0.778. The lowest BCUT2D eigenvalue weighted by atomic mass is 9.74. The van der Waals surface area contributed by atoms with Crippen molar-refractivity contribution in [1.29, 1.82) is 0 Å². The van der Waals surface area contributed by atoms with Gasteiger partial charge in [-0.25, -0.2) is 0 Å². The second-order valence-corrected chi connectivity index (χ2v) is 8.03. The number of rotatable bonds is 10. The van der Waals surface area contributed by atoms with Gasteiger partial charge in [0.1, 0.15) is 5.78 Å². The van der Waals surface area contributed by atoms with E-state index in [0.717, 1.165) is 0 Å². The van der Waals surface area contributed by atoms with Crippen molar-refractivity contribution in [2.75, 3.05) is 19.6 Å². The molecule has 0 fully saturated rings. The van der Waals surface area contributed by atoms with Gasteiger partial charge in [-0.1, -0.05) is 41.5 Å². The molecule has 25 heavy (non-hydrogen) atoms. The molecule has 0 aliphatic rings. The minimum atomic E-state index is -0.790. The van der Waals surface area contributed by atoms with E-state index in [1.807, 2.05) is 0 Å². The van der Waals surface area contributed by atoms with E-state index in [0.29, 0.717) is 19.5 Å². The van der Waals surface area contributed by atoms with E-state index in [-0.39, 0.29) is 36.0 Å². The summed E-state index contributed by atoms with van der Waals surface area (Å²) in [4.78, 5) is 47.1. The number of carbonyl (C=O) groups excluding carboxylic acids is 4. The predicted molar refractivity (Wildman–Crippen MR) is 96.7 cm³/mol. The van der Waals surface area contributed by atoms with Crippen LogP contribution in [0.1, 0.15) is 54.9 Å². The van der Waals surface area contributed by atoms with E-state index in [2.05, 4.69) is 16.0 Å². The summed E-state index contributed by atoms with van der Waals surface area (Å²) in [5, 5.41) is 8.11. The van der Waals surface area contributed by atoms with Crippen LogP contribution in [-0.2, 0) is 19.2 Å². The second-order valence-electron chi connectivity index (χ2n) is 8.03. The fourth-order valence-corrected chi connectivity index (χ4v) is 2.51. The van der Waals surface area contributed by atoms with Gasteiger partial charge in [0, 0.05) is 29.8 Å². The minimum absolute atomic E-state index is 0.00949. The molecule has 144 valence electrons. The van der Waals surface area contributed by atoms with E-state index in [1.165, 1.54) is 6.92 Å². The molecule has 3 N–H and O–H groups in total. The van der Waals surface area contributed by atoms with E-state index < -0.39 is 10.8 Å². The van der Waals surface area contributed by atoms with Crippen molar-refractivity contribution in [1.82, 2.24) is 16.0 Å². The quantitative estimate of drug-likeness (QED) is 0.509. The van der Waals surface area contributed by atoms with Gasteiger partial charge >= 0.3 is 0 Å². The summed E-state index contributed by atoms with van der Waals surface area (Å²) in [5.41, 5.74) is -1.55. The van der Waals surface area contributed by atoms with Crippen LogP contribution in [0.3, 0.4) is 0 Å². The molecule has 0 bridgehead atoms. The third kappa shape index (κ3) is 8.65. The van der Waals surface area contributed by atoms with E-state index in [4.69, 9.17) is 0 Å². The Morgan fingerprint density at radius 2 is 1.24 bits per heavy atom. The molecule has 0 saturated carbocycles. The molecule has 0 heterocycles. The summed E-state index contributed by atoms with van der Waals surface area (Å²) < 4.78 is 0. The van der Waals surface area contributed by atoms with Crippen molar-refractivity contribution in [2.45, 2.75) is 54.9 Å². The molecule has 0 rings (SSSR count). The first-order chi connectivity index (χ1) is 11.3. The van der Waals surface area contributed by atoms with E-state index in [1.54, 1.807) is 41.5 Å². The van der Waals surface area contributed by atoms with Crippen molar-refractivity contribution in [3.05, 3.63) is 0 Å². The Kier molecular flexibility index (Phi) is 8.80. The van der Waals surface area contributed by atoms with Gasteiger partial charge in [0.2, 0.25) is 17.7 Å². The maximum Gasteiger partial charge on any atom is 0.226 e. The zero-order valence-electron chi connectivity index (χ0n) is 16.5. The highest BCUT2D eigenvalue weighted by Crippen LogP contribution is 2.34. The third-order valence-corrected chi connectivity index (χ3v) is 3.85. The van der Waals surface area contributed by atoms with Crippen LogP contribution >= 0.6 is 0 Å². The highest BCUT2D eigenvalue weighted by molar-refractivity contribution is 5.88. The van der Waals surface area contributed by atoms with Gasteiger partial charge in [-0.3, -0.25) is 19.2 Å². The standard InChI is InChI=1S/C18H33N3O4/c1-12(2)14(23)19-8-9-20-15(24)17(4,5)11-18(6,7)16(25)21-10-13(3)22/h12H,8-11H2,1-7H3,(H,19,23)(H,20,24)(H,21,25). The summed E-state index contributed by atoms with van der Waals surface area (Å²) in [5.74, 6) is -0.714. The molecule has 0 spiro atoms. The monoisotopic (exact) mass is 355 g/mol. The largest absolute Gasteiger partial charge is 0.354 e. The van der Waals surface area contributed by atoms with Crippen molar-refractivity contribution in [3.8, 4) is 0 Å². The second kappa shape index (κ2) is 9.53. The molecule has 0 saturated heterocycles. The van der Waals surface area contributed by atoms with Crippen LogP contribution in [0.5, 0.6) is 0 Å². The molecular weight excluding hydrogens is 322 g/mol. The van der Waals surface area contributed by atoms with Crippen molar-refractivity contribution in [3.63, 3.8) is 0 Å². The molecule has 0 aromatic carbocycles. The summed E-state index contributed by atoms with van der Waals surface area (Å²) >= 11 is 0. The Labute approximate surface area is 150 Å². The number of ketones is 1. The maximum absolute atomic E-state index is 12.4. The van der Waals surface area contributed by atoms with E-state index in [9.17, 15) is 19.2 Å². The number of hydrogen-bond acceptors (Lipinski definition) is 4. The normalized spacial score (nSPS) is 11.8. The molecule has 7 heteroatoms. The molecule has 0 aliphatic carbocycles. The van der Waals surface area contributed by atoms with Crippen LogP contribution in [0.4, 0.5) is 0 Å². The molecule has 3 amide bonds. The van der Waals surface area contributed by atoms with Crippen LogP contribution in [0.2, 0.25) is 0 Å². The SMILES string of the molecule is CC(=O)CNC(=O)C(C)(C)CC(C)(C)C(=O)NCCNC(=O)C(C)C. The average Bonchev–Trinajstić information content (AvgIpc) is 2.47. The Bertz CT molecular complexity index is 510. The number of Topliss-reactive ketones (excluding diaryl/α,β-unsaturated/α-hetero) is 1. The zero-order chi connectivity index (χ0) is 19.8. The molecule has 0 radical (unpaired) electrons. The highest BCUT2D eigenvalue weighted by Gasteiger charge is 2.38. The van der Waals surface area contributed by atoms with Gasteiger partial charge in [0.15, 0.2) is 0 Å². The van der Waals surface area contributed by atoms with Gasteiger partial charge in [-0.2, -0.15) is 0 Å². The molecule has 0 aromatic heterocycles. The first kappa shape index (κ1) is 23.1. The van der Waals surface area contributed by atoms with Gasteiger partial charge < -0.3 is 16.0 Å². The third-order valence-electron chi connectivity index (χ3n) is 3.85. The zero-order valence-corrected chi connectivity index (χ0v) is 16.5. The van der Waals surface area contributed by atoms with Gasteiger partial charge in [-0.15, -0.1) is 0 Å². The summed E-state index contributed by atoms with van der Waals surface area (Å²) in [6.45, 7) is 12.7. The van der Waals surface area contributed by atoms with Gasteiger partial charge in [-0.05, 0) is 13.3 Å². The minimum Gasteiger partial charge on any atom is -0.354 e. The van der Waals surface area contributed by atoms with Gasteiger partial charge in [0.05, 0.1) is 6.54 Å². The lowest BCUT2D eigenvalue weighted by Gasteiger charge is -2.33. The molecule has 0 unspecified atom stereocenters. The van der Waals surface area contributed by atoms with Gasteiger partial charge in [0.25, 0.3) is 0 Å². The van der Waals surface area contributed by atoms with Crippen LogP contribution in [0.25, 0.3) is 0 Å². The smallest absolute Gasteiger partial charge is 0.226 e. The molecular formula is C18H33N3O4.